The van der Waals surface area contributed by atoms with Gasteiger partial charge < -0.3 is 15.0 Å². The molecule has 106 valence electrons. The Bertz CT molecular complexity index is 383. The molecule has 1 unspecified atom stereocenters. The first kappa shape index (κ1) is 14.1. The molecule has 1 aliphatic rings. The third-order valence-corrected chi connectivity index (χ3v) is 3.53. The monoisotopic (exact) mass is 263 g/mol. The predicted octanol–water partition coefficient (Wildman–Crippen LogP) is 2.31. The van der Waals surface area contributed by atoms with E-state index in [0.29, 0.717) is 6.61 Å². The molecule has 1 aromatic rings. The maximum absolute atomic E-state index is 5.48. The Kier molecular flexibility index (Phi) is 5.45. The molecule has 1 aliphatic heterocycles. The number of pyridine rings is 1. The number of anilines is 1. The van der Waals surface area contributed by atoms with E-state index < -0.39 is 0 Å². The van der Waals surface area contributed by atoms with Crippen molar-refractivity contribution in [1.29, 1.82) is 0 Å². The van der Waals surface area contributed by atoms with E-state index in [2.05, 4.69) is 28.2 Å². The average molecular weight is 263 g/mol. The molecule has 2 heterocycles. The highest BCUT2D eigenvalue weighted by atomic mass is 16.5. The van der Waals surface area contributed by atoms with Gasteiger partial charge in [0.05, 0.1) is 6.61 Å². The minimum absolute atomic E-state index is 0.666. The Morgan fingerprint density at radius 3 is 3.11 bits per heavy atom. The van der Waals surface area contributed by atoms with Crippen LogP contribution in [0.25, 0.3) is 0 Å². The van der Waals surface area contributed by atoms with Gasteiger partial charge in [-0.25, -0.2) is 0 Å². The first-order valence-electron chi connectivity index (χ1n) is 7.39. The van der Waals surface area contributed by atoms with Crippen LogP contribution < -0.4 is 15.0 Å². The van der Waals surface area contributed by atoms with Crippen molar-refractivity contribution in [3.63, 3.8) is 0 Å². The van der Waals surface area contributed by atoms with Gasteiger partial charge in [0.2, 0.25) is 5.88 Å². The second-order valence-electron chi connectivity index (χ2n) is 5.03. The van der Waals surface area contributed by atoms with E-state index in [0.717, 1.165) is 43.8 Å². The van der Waals surface area contributed by atoms with Gasteiger partial charge in [0.15, 0.2) is 0 Å². The van der Waals surface area contributed by atoms with Crippen molar-refractivity contribution in [2.45, 2.75) is 26.7 Å². The zero-order valence-electron chi connectivity index (χ0n) is 12.1. The summed E-state index contributed by atoms with van der Waals surface area (Å²) in [6.07, 6.45) is 2.56. The van der Waals surface area contributed by atoms with Gasteiger partial charge in [0, 0.05) is 19.2 Å². The summed E-state index contributed by atoms with van der Waals surface area (Å²) in [6.45, 7) is 9.17. The maximum Gasteiger partial charge on any atom is 0.215 e. The van der Waals surface area contributed by atoms with Crippen LogP contribution in [-0.4, -0.2) is 37.8 Å². The van der Waals surface area contributed by atoms with Crippen molar-refractivity contribution in [3.8, 4) is 5.88 Å². The van der Waals surface area contributed by atoms with Crippen LogP contribution in [0.1, 0.15) is 26.7 Å². The van der Waals surface area contributed by atoms with Crippen molar-refractivity contribution < 1.29 is 4.74 Å². The molecule has 0 aromatic carbocycles. The lowest BCUT2D eigenvalue weighted by Crippen LogP contribution is -2.40. The van der Waals surface area contributed by atoms with E-state index in [1.54, 1.807) is 0 Å². The lowest BCUT2D eigenvalue weighted by molar-refractivity contribution is 0.326. The van der Waals surface area contributed by atoms with Crippen LogP contribution in [0.2, 0.25) is 0 Å². The van der Waals surface area contributed by atoms with Crippen LogP contribution in [-0.2, 0) is 0 Å². The SMILES string of the molecule is CCNCC1CCCN(c2cccc(OCC)n2)C1. The van der Waals surface area contributed by atoms with Crippen LogP contribution in [0.3, 0.4) is 0 Å². The molecule has 1 N–H and O–H groups in total. The van der Waals surface area contributed by atoms with Crippen molar-refractivity contribution >= 4 is 5.82 Å². The van der Waals surface area contributed by atoms with Crippen LogP contribution >= 0.6 is 0 Å². The molecule has 2 rings (SSSR count). The minimum Gasteiger partial charge on any atom is -0.478 e. The summed E-state index contributed by atoms with van der Waals surface area (Å²) in [5, 5.41) is 3.45. The van der Waals surface area contributed by atoms with Crippen LogP contribution in [0.4, 0.5) is 5.82 Å². The number of nitrogens with zero attached hydrogens (tertiary/aromatic N) is 2. The fourth-order valence-electron chi connectivity index (χ4n) is 2.60. The van der Waals surface area contributed by atoms with Crippen LogP contribution in [0, 0.1) is 5.92 Å². The molecular weight excluding hydrogens is 238 g/mol. The van der Waals surface area contributed by atoms with Crippen molar-refractivity contribution in [1.82, 2.24) is 10.3 Å². The van der Waals surface area contributed by atoms with E-state index in [-0.39, 0.29) is 0 Å². The zero-order chi connectivity index (χ0) is 13.5. The van der Waals surface area contributed by atoms with Gasteiger partial charge in [0.1, 0.15) is 5.82 Å². The highest BCUT2D eigenvalue weighted by molar-refractivity contribution is 5.41. The molecule has 4 nitrogen and oxygen atoms in total. The van der Waals surface area contributed by atoms with Gasteiger partial charge in [-0.2, -0.15) is 4.98 Å². The Hall–Kier alpha value is -1.29. The number of piperidine rings is 1. The van der Waals surface area contributed by atoms with E-state index in [1.807, 2.05) is 19.1 Å². The number of aromatic nitrogens is 1. The maximum atomic E-state index is 5.48. The summed E-state index contributed by atoms with van der Waals surface area (Å²) in [6, 6.07) is 6.03. The molecule has 1 saturated heterocycles. The zero-order valence-corrected chi connectivity index (χ0v) is 12.1. The highest BCUT2D eigenvalue weighted by Gasteiger charge is 2.20. The first-order chi connectivity index (χ1) is 9.33. The quantitative estimate of drug-likeness (QED) is 0.854. The fraction of sp³-hybridized carbons (Fsp3) is 0.667. The molecule has 0 bridgehead atoms. The van der Waals surface area contributed by atoms with Gasteiger partial charge in [-0.15, -0.1) is 0 Å². The second-order valence-corrected chi connectivity index (χ2v) is 5.03. The third-order valence-electron chi connectivity index (χ3n) is 3.53. The first-order valence-corrected chi connectivity index (χ1v) is 7.39. The van der Waals surface area contributed by atoms with Crippen molar-refractivity contribution in [2.75, 3.05) is 37.7 Å². The van der Waals surface area contributed by atoms with Gasteiger partial charge >= 0.3 is 0 Å². The number of rotatable bonds is 6. The molecule has 19 heavy (non-hydrogen) atoms. The molecule has 1 aromatic heterocycles. The molecule has 0 spiro atoms. The van der Waals surface area contributed by atoms with E-state index in [1.165, 1.54) is 12.8 Å². The lowest BCUT2D eigenvalue weighted by atomic mass is 9.98. The van der Waals surface area contributed by atoms with E-state index >= 15 is 0 Å². The van der Waals surface area contributed by atoms with E-state index in [4.69, 9.17) is 4.74 Å². The number of hydrogen-bond acceptors (Lipinski definition) is 4. The van der Waals surface area contributed by atoms with E-state index in [9.17, 15) is 0 Å². The fourth-order valence-corrected chi connectivity index (χ4v) is 2.60. The summed E-state index contributed by atoms with van der Waals surface area (Å²) in [4.78, 5) is 6.97. The molecule has 0 amide bonds. The summed E-state index contributed by atoms with van der Waals surface area (Å²) >= 11 is 0. The molecule has 1 fully saturated rings. The topological polar surface area (TPSA) is 37.4 Å². The lowest BCUT2D eigenvalue weighted by Gasteiger charge is -2.33. The number of ether oxygens (including phenoxy) is 1. The van der Waals surface area contributed by atoms with Gasteiger partial charge in [-0.3, -0.25) is 0 Å². The van der Waals surface area contributed by atoms with Gasteiger partial charge in [-0.1, -0.05) is 13.0 Å². The molecule has 0 radical (unpaired) electrons. The Morgan fingerprint density at radius 1 is 1.42 bits per heavy atom. The summed E-state index contributed by atoms with van der Waals surface area (Å²) in [5.41, 5.74) is 0. The molecular formula is C15H25N3O. The molecule has 4 heteroatoms. The summed E-state index contributed by atoms with van der Waals surface area (Å²) in [5.74, 6) is 2.51. The number of nitrogens with one attached hydrogen (secondary N) is 1. The number of hydrogen-bond donors (Lipinski definition) is 1. The average Bonchev–Trinajstić information content (AvgIpc) is 2.46. The Balaban J connectivity index is 1.98. The highest BCUT2D eigenvalue weighted by Crippen LogP contribution is 2.23. The standard InChI is InChI=1S/C15H25N3O/c1-3-16-11-13-7-6-10-18(12-13)14-8-5-9-15(17-14)19-4-2/h5,8-9,13,16H,3-4,6-7,10-12H2,1-2H3. The van der Waals surface area contributed by atoms with Crippen LogP contribution in [0.5, 0.6) is 5.88 Å². The molecule has 0 saturated carbocycles. The second kappa shape index (κ2) is 7.34. The summed E-state index contributed by atoms with van der Waals surface area (Å²) in [7, 11) is 0. The molecule has 1 atom stereocenters. The largest absolute Gasteiger partial charge is 0.478 e. The molecule has 0 aliphatic carbocycles. The Labute approximate surface area is 116 Å². The van der Waals surface area contributed by atoms with Gasteiger partial charge in [-0.05, 0) is 44.8 Å². The Morgan fingerprint density at radius 2 is 2.32 bits per heavy atom. The van der Waals surface area contributed by atoms with Crippen LogP contribution in [0.15, 0.2) is 18.2 Å². The summed E-state index contributed by atoms with van der Waals surface area (Å²) < 4.78 is 5.48. The third kappa shape index (κ3) is 4.10. The van der Waals surface area contributed by atoms with Gasteiger partial charge in [0.25, 0.3) is 0 Å². The van der Waals surface area contributed by atoms with Crippen molar-refractivity contribution in [3.05, 3.63) is 18.2 Å². The predicted molar refractivity (Wildman–Crippen MR) is 78.9 cm³/mol. The van der Waals surface area contributed by atoms with Crippen molar-refractivity contribution in [2.24, 2.45) is 5.92 Å². The smallest absolute Gasteiger partial charge is 0.215 e. The minimum atomic E-state index is 0.666. The normalized spacial score (nSPS) is 19.5.